The molecular formula is C17H15F2NO2. The standard InChI is InChI=1S/C17H15F2NO2/c18-12-6-7-14(15(19)10-12)13(8-9-16(20)17(21)22)11-4-2-1-3-5-11/h1-8,10,16H,9,20H2,(H,21,22)/b13-8-. The molecule has 3 nitrogen and oxygen atoms in total. The normalized spacial score (nSPS) is 13.0. The van der Waals surface area contributed by atoms with Crippen molar-refractivity contribution in [1.82, 2.24) is 0 Å². The van der Waals surface area contributed by atoms with Crippen LogP contribution in [0.2, 0.25) is 0 Å². The van der Waals surface area contributed by atoms with Gasteiger partial charge in [-0.05, 0) is 29.7 Å². The molecule has 1 atom stereocenters. The summed E-state index contributed by atoms with van der Waals surface area (Å²) in [5.74, 6) is -2.52. The summed E-state index contributed by atoms with van der Waals surface area (Å²) in [6.45, 7) is 0. The van der Waals surface area contributed by atoms with Gasteiger partial charge in [0.25, 0.3) is 0 Å². The Morgan fingerprint density at radius 1 is 1.18 bits per heavy atom. The van der Waals surface area contributed by atoms with Crippen molar-refractivity contribution in [3.63, 3.8) is 0 Å². The summed E-state index contributed by atoms with van der Waals surface area (Å²) in [5, 5.41) is 8.85. The molecule has 5 heteroatoms. The lowest BCUT2D eigenvalue weighted by Gasteiger charge is -2.11. The van der Waals surface area contributed by atoms with Crippen molar-refractivity contribution < 1.29 is 18.7 Å². The van der Waals surface area contributed by atoms with Crippen molar-refractivity contribution in [2.45, 2.75) is 12.5 Å². The number of carboxylic acids is 1. The summed E-state index contributed by atoms with van der Waals surface area (Å²) in [6, 6.07) is 11.1. The number of carboxylic acid groups (broad SMARTS) is 1. The highest BCUT2D eigenvalue weighted by Gasteiger charge is 2.14. The molecule has 0 aliphatic heterocycles. The van der Waals surface area contributed by atoms with E-state index < -0.39 is 23.6 Å². The van der Waals surface area contributed by atoms with E-state index in [0.717, 1.165) is 12.1 Å². The fourth-order valence-electron chi connectivity index (χ4n) is 2.05. The van der Waals surface area contributed by atoms with E-state index in [1.807, 2.05) is 6.07 Å². The van der Waals surface area contributed by atoms with Gasteiger partial charge in [0.1, 0.15) is 17.7 Å². The molecular weight excluding hydrogens is 288 g/mol. The van der Waals surface area contributed by atoms with Crippen molar-refractivity contribution in [3.05, 3.63) is 77.4 Å². The summed E-state index contributed by atoms with van der Waals surface area (Å²) < 4.78 is 27.1. The third-order valence-electron chi connectivity index (χ3n) is 3.20. The van der Waals surface area contributed by atoms with Crippen molar-refractivity contribution >= 4 is 11.5 Å². The largest absolute Gasteiger partial charge is 0.480 e. The van der Waals surface area contributed by atoms with E-state index in [9.17, 15) is 13.6 Å². The maximum atomic E-state index is 14.0. The number of halogens is 2. The SMILES string of the molecule is NC(C/C=C(/c1ccccc1)c1ccc(F)cc1F)C(=O)O. The van der Waals surface area contributed by atoms with E-state index in [-0.39, 0.29) is 12.0 Å². The van der Waals surface area contributed by atoms with E-state index in [1.165, 1.54) is 6.07 Å². The highest BCUT2D eigenvalue weighted by Crippen LogP contribution is 2.26. The lowest BCUT2D eigenvalue weighted by atomic mass is 9.95. The molecule has 0 saturated heterocycles. The Morgan fingerprint density at radius 2 is 1.86 bits per heavy atom. The first-order valence-corrected chi connectivity index (χ1v) is 6.68. The van der Waals surface area contributed by atoms with Crippen molar-refractivity contribution in [3.8, 4) is 0 Å². The molecule has 0 heterocycles. The highest BCUT2D eigenvalue weighted by molar-refractivity contribution is 5.81. The van der Waals surface area contributed by atoms with Gasteiger partial charge in [-0.2, -0.15) is 0 Å². The van der Waals surface area contributed by atoms with Crippen LogP contribution in [-0.4, -0.2) is 17.1 Å². The molecule has 0 aliphatic carbocycles. The van der Waals surface area contributed by atoms with E-state index in [2.05, 4.69) is 0 Å². The number of aliphatic carboxylic acids is 1. The molecule has 0 spiro atoms. The monoisotopic (exact) mass is 303 g/mol. The lowest BCUT2D eigenvalue weighted by Crippen LogP contribution is -2.29. The van der Waals surface area contributed by atoms with Crippen molar-refractivity contribution in [2.24, 2.45) is 5.73 Å². The number of hydrogen-bond acceptors (Lipinski definition) is 2. The van der Waals surface area contributed by atoms with Gasteiger partial charge in [0.2, 0.25) is 0 Å². The van der Waals surface area contributed by atoms with E-state index >= 15 is 0 Å². The van der Waals surface area contributed by atoms with Crippen LogP contribution in [0.1, 0.15) is 17.5 Å². The minimum absolute atomic E-state index is 0.0381. The Hall–Kier alpha value is -2.53. The van der Waals surface area contributed by atoms with Crippen molar-refractivity contribution in [1.29, 1.82) is 0 Å². The molecule has 0 aliphatic rings. The molecule has 2 rings (SSSR count). The molecule has 0 fully saturated rings. The van der Waals surface area contributed by atoms with Crippen LogP contribution in [0.4, 0.5) is 8.78 Å². The van der Waals surface area contributed by atoms with E-state index in [4.69, 9.17) is 10.8 Å². The Kier molecular flexibility index (Phi) is 5.01. The third-order valence-corrected chi connectivity index (χ3v) is 3.20. The molecule has 0 saturated carbocycles. The topological polar surface area (TPSA) is 63.3 Å². The Bertz CT molecular complexity index is 699. The van der Waals surface area contributed by atoms with Gasteiger partial charge in [-0.3, -0.25) is 4.79 Å². The molecule has 0 amide bonds. The van der Waals surface area contributed by atoms with Crippen LogP contribution >= 0.6 is 0 Å². The van der Waals surface area contributed by atoms with Crippen LogP contribution in [0, 0.1) is 11.6 Å². The average molecular weight is 303 g/mol. The first-order chi connectivity index (χ1) is 10.5. The minimum Gasteiger partial charge on any atom is -0.480 e. The van der Waals surface area contributed by atoms with Gasteiger partial charge >= 0.3 is 5.97 Å². The average Bonchev–Trinajstić information content (AvgIpc) is 2.50. The first-order valence-electron chi connectivity index (χ1n) is 6.68. The fourth-order valence-corrected chi connectivity index (χ4v) is 2.05. The van der Waals surface area contributed by atoms with Crippen molar-refractivity contribution in [2.75, 3.05) is 0 Å². The van der Waals surface area contributed by atoms with Gasteiger partial charge in [-0.25, -0.2) is 8.78 Å². The third kappa shape index (κ3) is 3.77. The summed E-state index contributed by atoms with van der Waals surface area (Å²) >= 11 is 0. The zero-order chi connectivity index (χ0) is 16.1. The fraction of sp³-hybridized carbons (Fsp3) is 0.118. The van der Waals surface area contributed by atoms with Gasteiger partial charge in [0.05, 0.1) is 0 Å². The van der Waals surface area contributed by atoms with Crippen LogP contribution in [0.15, 0.2) is 54.6 Å². The number of rotatable bonds is 5. The summed E-state index contributed by atoms with van der Waals surface area (Å²) in [6.07, 6.45) is 1.60. The smallest absolute Gasteiger partial charge is 0.320 e. The molecule has 0 bridgehead atoms. The highest BCUT2D eigenvalue weighted by atomic mass is 19.1. The van der Waals surface area contributed by atoms with Crippen LogP contribution in [0.3, 0.4) is 0 Å². The number of hydrogen-bond donors (Lipinski definition) is 2. The zero-order valence-corrected chi connectivity index (χ0v) is 11.7. The lowest BCUT2D eigenvalue weighted by molar-refractivity contribution is -0.138. The maximum absolute atomic E-state index is 14.0. The molecule has 0 radical (unpaired) electrons. The summed E-state index contributed by atoms with van der Waals surface area (Å²) in [5.41, 5.74) is 6.87. The predicted octanol–water partition coefficient (Wildman–Crippen LogP) is 3.20. The van der Waals surface area contributed by atoms with Crippen LogP contribution in [0.25, 0.3) is 5.57 Å². The van der Waals surface area contributed by atoms with Gasteiger partial charge in [-0.15, -0.1) is 0 Å². The molecule has 1 unspecified atom stereocenters. The number of carbonyl (C=O) groups is 1. The summed E-state index contributed by atoms with van der Waals surface area (Å²) in [4.78, 5) is 10.8. The Balaban J connectivity index is 2.46. The second kappa shape index (κ2) is 6.95. The van der Waals surface area contributed by atoms with Gasteiger partial charge in [-0.1, -0.05) is 36.4 Å². The van der Waals surface area contributed by atoms with Crippen LogP contribution in [-0.2, 0) is 4.79 Å². The van der Waals surface area contributed by atoms with Crippen LogP contribution < -0.4 is 5.73 Å². The molecule has 22 heavy (non-hydrogen) atoms. The van der Waals surface area contributed by atoms with Gasteiger partial charge < -0.3 is 10.8 Å². The van der Waals surface area contributed by atoms with Crippen LogP contribution in [0.5, 0.6) is 0 Å². The number of benzene rings is 2. The summed E-state index contributed by atoms with van der Waals surface area (Å²) in [7, 11) is 0. The zero-order valence-electron chi connectivity index (χ0n) is 11.7. The second-order valence-corrected chi connectivity index (χ2v) is 4.79. The Labute approximate surface area is 126 Å². The minimum atomic E-state index is -1.14. The molecule has 2 aromatic rings. The van der Waals surface area contributed by atoms with E-state index in [0.29, 0.717) is 11.1 Å². The molecule has 0 aromatic heterocycles. The van der Waals surface area contributed by atoms with E-state index in [1.54, 1.807) is 30.3 Å². The van der Waals surface area contributed by atoms with Gasteiger partial charge in [0, 0.05) is 11.6 Å². The number of nitrogens with two attached hydrogens (primary N) is 1. The first kappa shape index (κ1) is 15.9. The Morgan fingerprint density at radius 3 is 2.45 bits per heavy atom. The maximum Gasteiger partial charge on any atom is 0.320 e. The molecule has 114 valence electrons. The molecule has 3 N–H and O–H groups in total. The van der Waals surface area contributed by atoms with Gasteiger partial charge in [0.15, 0.2) is 0 Å². The second-order valence-electron chi connectivity index (χ2n) is 4.79. The predicted molar refractivity (Wildman–Crippen MR) is 80.1 cm³/mol. The molecule has 2 aromatic carbocycles. The quantitative estimate of drug-likeness (QED) is 0.891.